The lowest BCUT2D eigenvalue weighted by molar-refractivity contribution is -0.127. The molecule has 0 aromatic heterocycles. The highest BCUT2D eigenvalue weighted by molar-refractivity contribution is 5.79. The average molecular weight is 411 g/mol. The first-order valence-corrected chi connectivity index (χ1v) is 10.8. The highest BCUT2D eigenvalue weighted by atomic mass is 16.5. The van der Waals surface area contributed by atoms with E-state index in [0.717, 1.165) is 44.5 Å². The third-order valence-electron chi connectivity index (χ3n) is 6.15. The van der Waals surface area contributed by atoms with Crippen molar-refractivity contribution in [2.75, 3.05) is 27.3 Å². The second kappa shape index (κ2) is 10.5. The van der Waals surface area contributed by atoms with Gasteiger partial charge in [0.2, 0.25) is 5.91 Å². The zero-order valence-electron chi connectivity index (χ0n) is 18.6. The van der Waals surface area contributed by atoms with Crippen molar-refractivity contribution in [1.29, 1.82) is 0 Å². The van der Waals surface area contributed by atoms with Crippen molar-refractivity contribution in [3.63, 3.8) is 0 Å². The highest BCUT2D eigenvalue weighted by Crippen LogP contribution is 2.31. The maximum absolute atomic E-state index is 13.0. The summed E-state index contributed by atoms with van der Waals surface area (Å²) in [6, 6.07) is 14.4. The summed E-state index contributed by atoms with van der Waals surface area (Å²) < 4.78 is 10.7. The van der Waals surface area contributed by atoms with E-state index in [0.29, 0.717) is 11.5 Å². The van der Waals surface area contributed by atoms with Crippen LogP contribution < -0.4 is 14.8 Å². The molecule has 1 saturated heterocycles. The fraction of sp³-hybridized carbons (Fsp3) is 0.480. The van der Waals surface area contributed by atoms with Gasteiger partial charge >= 0.3 is 0 Å². The van der Waals surface area contributed by atoms with E-state index in [9.17, 15) is 4.79 Å². The highest BCUT2D eigenvalue weighted by Gasteiger charge is 2.27. The first-order chi connectivity index (χ1) is 14.5. The van der Waals surface area contributed by atoms with Crippen molar-refractivity contribution < 1.29 is 14.3 Å². The molecule has 2 aromatic rings. The summed E-state index contributed by atoms with van der Waals surface area (Å²) in [6.45, 7) is 7.13. The van der Waals surface area contributed by atoms with Gasteiger partial charge in [0.05, 0.1) is 20.3 Å². The van der Waals surface area contributed by atoms with Gasteiger partial charge in [-0.1, -0.05) is 37.3 Å². The van der Waals surface area contributed by atoms with Gasteiger partial charge in [0, 0.05) is 12.5 Å². The van der Waals surface area contributed by atoms with Crippen LogP contribution in [-0.4, -0.2) is 38.1 Å². The first-order valence-electron chi connectivity index (χ1n) is 10.8. The van der Waals surface area contributed by atoms with E-state index in [1.54, 1.807) is 14.2 Å². The lowest BCUT2D eigenvalue weighted by atomic mass is 9.94. The number of piperidine rings is 1. The van der Waals surface area contributed by atoms with E-state index < -0.39 is 0 Å². The number of carbonyl (C=O) groups is 1. The molecule has 1 fully saturated rings. The van der Waals surface area contributed by atoms with Crippen LogP contribution in [-0.2, 0) is 11.3 Å². The average Bonchev–Trinajstić information content (AvgIpc) is 2.78. The van der Waals surface area contributed by atoms with E-state index in [1.807, 2.05) is 18.2 Å². The number of likely N-dealkylation sites (tertiary alicyclic amines) is 1. The van der Waals surface area contributed by atoms with Gasteiger partial charge in [0.15, 0.2) is 11.5 Å². The van der Waals surface area contributed by atoms with E-state index in [1.165, 1.54) is 11.1 Å². The number of ether oxygens (including phenoxy) is 2. The second-order valence-corrected chi connectivity index (χ2v) is 8.06. The van der Waals surface area contributed by atoms with Crippen LogP contribution in [0.15, 0.2) is 42.5 Å². The lowest BCUT2D eigenvalue weighted by Crippen LogP contribution is -2.41. The van der Waals surface area contributed by atoms with Crippen LogP contribution in [0.25, 0.3) is 0 Å². The fourth-order valence-corrected chi connectivity index (χ4v) is 4.16. The Morgan fingerprint density at radius 2 is 1.80 bits per heavy atom. The van der Waals surface area contributed by atoms with E-state index in [-0.39, 0.29) is 17.9 Å². The van der Waals surface area contributed by atoms with E-state index in [4.69, 9.17) is 9.47 Å². The summed E-state index contributed by atoms with van der Waals surface area (Å²) in [6.07, 6.45) is 2.63. The number of methoxy groups -OCH3 is 2. The topological polar surface area (TPSA) is 50.8 Å². The SMILES string of the molecule is CCC(NC(=O)C1CCN(Cc2ccccc2C)CC1)c1ccc(OC)c(OC)c1. The summed E-state index contributed by atoms with van der Waals surface area (Å²) in [5.74, 6) is 1.62. The normalized spacial score (nSPS) is 16.1. The molecule has 1 aliphatic rings. The van der Waals surface area contributed by atoms with Crippen LogP contribution in [0.3, 0.4) is 0 Å². The van der Waals surface area contributed by atoms with Crippen LogP contribution in [0.2, 0.25) is 0 Å². The third-order valence-corrected chi connectivity index (χ3v) is 6.15. The minimum Gasteiger partial charge on any atom is -0.493 e. The van der Waals surface area contributed by atoms with Crippen LogP contribution in [0.5, 0.6) is 11.5 Å². The van der Waals surface area contributed by atoms with Gasteiger partial charge < -0.3 is 14.8 Å². The number of hydrogen-bond donors (Lipinski definition) is 1. The summed E-state index contributed by atoms with van der Waals surface area (Å²) >= 11 is 0. The number of nitrogens with one attached hydrogen (secondary N) is 1. The van der Waals surface area contributed by atoms with Crippen LogP contribution >= 0.6 is 0 Å². The van der Waals surface area contributed by atoms with Gasteiger partial charge in [-0.05, 0) is 68.1 Å². The molecule has 0 bridgehead atoms. The molecule has 1 aliphatic heterocycles. The van der Waals surface area contributed by atoms with E-state index >= 15 is 0 Å². The summed E-state index contributed by atoms with van der Waals surface area (Å²) in [5, 5.41) is 3.26. The van der Waals surface area contributed by atoms with Gasteiger partial charge in [0.25, 0.3) is 0 Å². The molecular formula is C25H34N2O3. The molecule has 0 saturated carbocycles. The maximum Gasteiger partial charge on any atom is 0.223 e. The first kappa shape index (κ1) is 22.2. The Hall–Kier alpha value is -2.53. The Labute approximate surface area is 180 Å². The molecule has 1 atom stereocenters. The molecule has 1 N–H and O–H groups in total. The Morgan fingerprint density at radius 3 is 2.43 bits per heavy atom. The van der Waals surface area contributed by atoms with Crippen molar-refractivity contribution in [3.8, 4) is 11.5 Å². The molecule has 0 aliphatic carbocycles. The Kier molecular flexibility index (Phi) is 7.75. The second-order valence-electron chi connectivity index (χ2n) is 8.06. The van der Waals surface area contributed by atoms with Crippen molar-refractivity contribution in [2.45, 2.75) is 45.7 Å². The van der Waals surface area contributed by atoms with Gasteiger partial charge in [0.1, 0.15) is 0 Å². The molecule has 162 valence electrons. The number of benzene rings is 2. The Morgan fingerprint density at radius 1 is 1.10 bits per heavy atom. The molecule has 0 radical (unpaired) electrons. The monoisotopic (exact) mass is 410 g/mol. The predicted octanol–water partition coefficient (Wildman–Crippen LogP) is 4.49. The zero-order chi connectivity index (χ0) is 21.5. The predicted molar refractivity (Wildman–Crippen MR) is 120 cm³/mol. The van der Waals surface area contributed by atoms with Crippen LogP contribution in [0, 0.1) is 12.8 Å². The molecule has 3 rings (SSSR count). The quantitative estimate of drug-likeness (QED) is 0.697. The molecule has 5 heteroatoms. The molecular weight excluding hydrogens is 376 g/mol. The van der Waals surface area contributed by atoms with Gasteiger partial charge in [-0.25, -0.2) is 0 Å². The molecule has 30 heavy (non-hydrogen) atoms. The standard InChI is InChI=1S/C25H34N2O3/c1-5-22(20-10-11-23(29-3)24(16-20)30-4)26-25(28)19-12-14-27(15-13-19)17-21-9-7-6-8-18(21)2/h6-11,16,19,22H,5,12-15,17H2,1-4H3,(H,26,28). The minimum atomic E-state index is -0.0256. The number of hydrogen-bond acceptors (Lipinski definition) is 4. The van der Waals surface area contributed by atoms with Crippen LogP contribution in [0.1, 0.15) is 48.9 Å². The smallest absolute Gasteiger partial charge is 0.223 e. The molecule has 5 nitrogen and oxygen atoms in total. The minimum absolute atomic E-state index is 0.0256. The maximum atomic E-state index is 13.0. The van der Waals surface area contributed by atoms with Crippen molar-refractivity contribution >= 4 is 5.91 Å². The van der Waals surface area contributed by atoms with Gasteiger partial charge in [-0.15, -0.1) is 0 Å². The number of carbonyl (C=O) groups excluding carboxylic acids is 1. The summed E-state index contributed by atoms with van der Waals surface area (Å²) in [4.78, 5) is 15.4. The van der Waals surface area contributed by atoms with Gasteiger partial charge in [-0.2, -0.15) is 0 Å². The molecule has 1 unspecified atom stereocenters. The van der Waals surface area contributed by atoms with Crippen molar-refractivity contribution in [3.05, 3.63) is 59.2 Å². The third kappa shape index (κ3) is 5.33. The molecule has 1 heterocycles. The van der Waals surface area contributed by atoms with Crippen molar-refractivity contribution in [2.24, 2.45) is 5.92 Å². The number of amides is 1. The lowest BCUT2D eigenvalue weighted by Gasteiger charge is -2.32. The fourth-order valence-electron chi connectivity index (χ4n) is 4.16. The zero-order valence-corrected chi connectivity index (χ0v) is 18.6. The summed E-state index contributed by atoms with van der Waals surface area (Å²) in [5.41, 5.74) is 3.75. The molecule has 2 aromatic carbocycles. The van der Waals surface area contributed by atoms with Gasteiger partial charge in [-0.3, -0.25) is 9.69 Å². The molecule has 1 amide bonds. The Bertz CT molecular complexity index is 844. The number of aryl methyl sites for hydroxylation is 1. The van der Waals surface area contributed by atoms with Crippen LogP contribution in [0.4, 0.5) is 0 Å². The molecule has 0 spiro atoms. The van der Waals surface area contributed by atoms with E-state index in [2.05, 4.69) is 48.3 Å². The number of nitrogens with zero attached hydrogens (tertiary/aromatic N) is 1. The Balaban J connectivity index is 1.56. The summed E-state index contributed by atoms with van der Waals surface area (Å²) in [7, 11) is 3.26. The largest absolute Gasteiger partial charge is 0.493 e. The number of rotatable bonds is 8. The van der Waals surface area contributed by atoms with Crippen molar-refractivity contribution in [1.82, 2.24) is 10.2 Å².